The summed E-state index contributed by atoms with van der Waals surface area (Å²) in [5, 5.41) is 5.40. The van der Waals surface area contributed by atoms with Crippen molar-refractivity contribution < 1.29 is 9.59 Å². The van der Waals surface area contributed by atoms with E-state index in [9.17, 15) is 9.59 Å². The highest BCUT2D eigenvalue weighted by molar-refractivity contribution is 6.17. The molecule has 0 spiro atoms. The standard InChI is InChI=1S/C14H19ClN2O2/c1-10-11(14(19)16-2)6-5-7-12(10)17-13(18)8-3-4-9-15/h5-7H,3-4,8-9H2,1-2H3,(H,16,19)(H,17,18). The summed E-state index contributed by atoms with van der Waals surface area (Å²) in [6.07, 6.45) is 2.03. The Labute approximate surface area is 118 Å². The lowest BCUT2D eigenvalue weighted by Crippen LogP contribution is -2.20. The maximum atomic E-state index is 11.7. The molecule has 0 heterocycles. The summed E-state index contributed by atoms with van der Waals surface area (Å²) < 4.78 is 0. The zero-order chi connectivity index (χ0) is 14.3. The van der Waals surface area contributed by atoms with Crippen molar-refractivity contribution in [3.8, 4) is 0 Å². The molecule has 0 aliphatic rings. The second-order valence-electron chi connectivity index (χ2n) is 4.25. The van der Waals surface area contributed by atoms with Crippen LogP contribution in [0, 0.1) is 6.92 Å². The Bertz CT molecular complexity index is 461. The first-order valence-corrected chi connectivity index (χ1v) is 6.81. The molecule has 0 aliphatic carbocycles. The number of hydrogen-bond acceptors (Lipinski definition) is 2. The second-order valence-corrected chi connectivity index (χ2v) is 4.63. The van der Waals surface area contributed by atoms with Crippen molar-refractivity contribution in [3.05, 3.63) is 29.3 Å². The third-order valence-electron chi connectivity index (χ3n) is 2.87. The molecule has 1 rings (SSSR count). The lowest BCUT2D eigenvalue weighted by molar-refractivity contribution is -0.116. The van der Waals surface area contributed by atoms with E-state index < -0.39 is 0 Å². The largest absolute Gasteiger partial charge is 0.355 e. The van der Waals surface area contributed by atoms with Gasteiger partial charge in [0.25, 0.3) is 5.91 Å². The van der Waals surface area contributed by atoms with Gasteiger partial charge in [-0.15, -0.1) is 11.6 Å². The fraction of sp³-hybridized carbons (Fsp3) is 0.429. The van der Waals surface area contributed by atoms with Crippen molar-refractivity contribution in [2.75, 3.05) is 18.2 Å². The van der Waals surface area contributed by atoms with E-state index in [1.165, 1.54) is 0 Å². The Balaban J connectivity index is 2.73. The van der Waals surface area contributed by atoms with Gasteiger partial charge < -0.3 is 10.6 Å². The van der Waals surface area contributed by atoms with E-state index in [4.69, 9.17) is 11.6 Å². The first kappa shape index (κ1) is 15.5. The lowest BCUT2D eigenvalue weighted by atomic mass is 10.1. The highest BCUT2D eigenvalue weighted by Crippen LogP contribution is 2.19. The summed E-state index contributed by atoms with van der Waals surface area (Å²) in [6, 6.07) is 5.28. The molecule has 1 aromatic rings. The van der Waals surface area contributed by atoms with Gasteiger partial charge in [-0.25, -0.2) is 0 Å². The Morgan fingerprint density at radius 1 is 1.26 bits per heavy atom. The molecule has 104 valence electrons. The Hall–Kier alpha value is -1.55. The minimum absolute atomic E-state index is 0.0535. The number of carbonyl (C=O) groups is 2. The van der Waals surface area contributed by atoms with Crippen LogP contribution in [0.2, 0.25) is 0 Å². The van der Waals surface area contributed by atoms with E-state index in [-0.39, 0.29) is 11.8 Å². The molecule has 2 N–H and O–H groups in total. The molecule has 4 nitrogen and oxygen atoms in total. The van der Waals surface area contributed by atoms with Gasteiger partial charge in [0, 0.05) is 30.6 Å². The number of unbranched alkanes of at least 4 members (excludes halogenated alkanes) is 1. The van der Waals surface area contributed by atoms with E-state index in [1.807, 2.05) is 6.92 Å². The highest BCUT2D eigenvalue weighted by Gasteiger charge is 2.11. The average Bonchev–Trinajstić information content (AvgIpc) is 2.40. The van der Waals surface area contributed by atoms with Crippen LogP contribution in [0.5, 0.6) is 0 Å². The summed E-state index contributed by atoms with van der Waals surface area (Å²) in [6.45, 7) is 1.82. The molecule has 0 saturated carbocycles. The summed E-state index contributed by atoms with van der Waals surface area (Å²) in [7, 11) is 1.58. The minimum atomic E-state index is -0.157. The number of rotatable bonds is 6. The van der Waals surface area contributed by atoms with Gasteiger partial charge >= 0.3 is 0 Å². The first-order chi connectivity index (χ1) is 9.10. The van der Waals surface area contributed by atoms with Gasteiger partial charge in [0.15, 0.2) is 0 Å². The lowest BCUT2D eigenvalue weighted by Gasteiger charge is -2.11. The molecule has 0 fully saturated rings. The van der Waals surface area contributed by atoms with Gasteiger partial charge in [-0.05, 0) is 37.5 Å². The number of alkyl halides is 1. The van der Waals surface area contributed by atoms with Crippen LogP contribution in [-0.4, -0.2) is 24.7 Å². The molecule has 0 aromatic heterocycles. The number of halogens is 1. The molecule has 0 aliphatic heterocycles. The van der Waals surface area contributed by atoms with Gasteiger partial charge in [0.05, 0.1) is 0 Å². The van der Waals surface area contributed by atoms with Crippen molar-refractivity contribution in [3.63, 3.8) is 0 Å². The highest BCUT2D eigenvalue weighted by atomic mass is 35.5. The molecule has 0 radical (unpaired) electrons. The van der Waals surface area contributed by atoms with E-state index >= 15 is 0 Å². The zero-order valence-corrected chi connectivity index (χ0v) is 12.0. The van der Waals surface area contributed by atoms with Gasteiger partial charge in [-0.3, -0.25) is 9.59 Å². The number of nitrogens with one attached hydrogen (secondary N) is 2. The van der Waals surface area contributed by atoms with E-state index in [2.05, 4.69) is 10.6 Å². The number of carbonyl (C=O) groups excluding carboxylic acids is 2. The average molecular weight is 283 g/mol. The number of amides is 2. The molecular formula is C14H19ClN2O2. The topological polar surface area (TPSA) is 58.2 Å². The van der Waals surface area contributed by atoms with Crippen LogP contribution in [0.25, 0.3) is 0 Å². The normalized spacial score (nSPS) is 10.1. The molecule has 1 aromatic carbocycles. The second kappa shape index (κ2) is 7.79. The molecule has 2 amide bonds. The van der Waals surface area contributed by atoms with Crippen LogP contribution < -0.4 is 10.6 Å². The first-order valence-electron chi connectivity index (χ1n) is 6.27. The van der Waals surface area contributed by atoms with Crippen LogP contribution in [0.15, 0.2) is 18.2 Å². The monoisotopic (exact) mass is 282 g/mol. The maximum absolute atomic E-state index is 11.7. The van der Waals surface area contributed by atoms with Crippen molar-refractivity contribution >= 4 is 29.1 Å². The van der Waals surface area contributed by atoms with Gasteiger partial charge in [-0.2, -0.15) is 0 Å². The van der Waals surface area contributed by atoms with Crippen molar-refractivity contribution in [1.82, 2.24) is 5.32 Å². The number of anilines is 1. The summed E-state index contributed by atoms with van der Waals surface area (Å²) in [5.41, 5.74) is 2.02. The van der Waals surface area contributed by atoms with Crippen molar-refractivity contribution in [1.29, 1.82) is 0 Å². The smallest absolute Gasteiger partial charge is 0.251 e. The molecule has 0 atom stereocenters. The van der Waals surface area contributed by atoms with Gasteiger partial charge in [-0.1, -0.05) is 6.07 Å². The molecule has 0 unspecified atom stereocenters. The third kappa shape index (κ3) is 4.56. The van der Waals surface area contributed by atoms with Crippen LogP contribution in [-0.2, 0) is 4.79 Å². The zero-order valence-electron chi connectivity index (χ0n) is 11.3. The summed E-state index contributed by atoms with van der Waals surface area (Å²) in [5.74, 6) is 0.358. The Morgan fingerprint density at radius 2 is 2.00 bits per heavy atom. The molecular weight excluding hydrogens is 264 g/mol. The predicted octanol–water partition coefficient (Wildman–Crippen LogP) is 2.70. The van der Waals surface area contributed by atoms with Gasteiger partial charge in [0.1, 0.15) is 0 Å². The van der Waals surface area contributed by atoms with Crippen LogP contribution in [0.4, 0.5) is 5.69 Å². The fourth-order valence-corrected chi connectivity index (χ4v) is 1.93. The van der Waals surface area contributed by atoms with Crippen LogP contribution in [0.3, 0.4) is 0 Å². The minimum Gasteiger partial charge on any atom is -0.355 e. The Morgan fingerprint density at radius 3 is 2.63 bits per heavy atom. The van der Waals surface area contributed by atoms with E-state index in [0.29, 0.717) is 23.6 Å². The van der Waals surface area contributed by atoms with Crippen molar-refractivity contribution in [2.45, 2.75) is 26.2 Å². The summed E-state index contributed by atoms with van der Waals surface area (Å²) >= 11 is 5.57. The fourth-order valence-electron chi connectivity index (χ4n) is 1.74. The van der Waals surface area contributed by atoms with E-state index in [0.717, 1.165) is 18.4 Å². The SMILES string of the molecule is CNC(=O)c1cccc(NC(=O)CCCCCl)c1C. The molecule has 5 heteroatoms. The number of hydrogen-bond donors (Lipinski definition) is 2. The van der Waals surface area contributed by atoms with E-state index in [1.54, 1.807) is 25.2 Å². The molecule has 0 bridgehead atoms. The van der Waals surface area contributed by atoms with Crippen LogP contribution >= 0.6 is 11.6 Å². The Kier molecular flexibility index (Phi) is 6.36. The summed E-state index contributed by atoms with van der Waals surface area (Å²) in [4.78, 5) is 23.4. The quantitative estimate of drug-likeness (QED) is 0.622. The number of benzene rings is 1. The molecule has 0 saturated heterocycles. The third-order valence-corrected chi connectivity index (χ3v) is 3.13. The maximum Gasteiger partial charge on any atom is 0.251 e. The van der Waals surface area contributed by atoms with Crippen LogP contribution in [0.1, 0.15) is 35.2 Å². The van der Waals surface area contributed by atoms with Crippen molar-refractivity contribution in [2.24, 2.45) is 0 Å². The van der Waals surface area contributed by atoms with Gasteiger partial charge in [0.2, 0.25) is 5.91 Å². The molecule has 19 heavy (non-hydrogen) atoms. The predicted molar refractivity (Wildman–Crippen MR) is 77.8 cm³/mol.